The summed E-state index contributed by atoms with van der Waals surface area (Å²) < 4.78 is 41.8. The molecule has 19 heavy (non-hydrogen) atoms. The molecule has 1 amide bonds. The average molecular weight is 273 g/mol. The zero-order valence-corrected chi connectivity index (χ0v) is 10.5. The van der Waals surface area contributed by atoms with Gasteiger partial charge >= 0.3 is 12.1 Å². The summed E-state index contributed by atoms with van der Waals surface area (Å²) in [5.74, 6) is -1.52. The van der Waals surface area contributed by atoms with Crippen molar-refractivity contribution in [3.05, 3.63) is 30.3 Å². The molecule has 104 valence electrons. The standard InChI is InChI=1S/C13H14F3NO2/c1-4-9-7-10(17-12(18)13(14,15)16)5-6-11(9)19-8(2)3/h4-8H,1H2,2-3H3,(H,17,18). The molecule has 0 spiro atoms. The number of carbonyl (C=O) groups is 1. The molecular formula is C13H14F3NO2. The Morgan fingerprint density at radius 1 is 1.42 bits per heavy atom. The summed E-state index contributed by atoms with van der Waals surface area (Å²) in [5.41, 5.74) is 0.544. The molecule has 0 fully saturated rings. The van der Waals surface area contributed by atoms with Crippen LogP contribution in [-0.4, -0.2) is 18.2 Å². The number of nitrogens with one attached hydrogen (secondary N) is 1. The van der Waals surface area contributed by atoms with E-state index < -0.39 is 12.1 Å². The van der Waals surface area contributed by atoms with Gasteiger partial charge in [-0.2, -0.15) is 13.2 Å². The number of alkyl halides is 3. The molecule has 0 radical (unpaired) electrons. The summed E-state index contributed by atoms with van der Waals surface area (Å²) in [5, 5.41) is 1.77. The maximum absolute atomic E-state index is 12.1. The summed E-state index contributed by atoms with van der Waals surface area (Å²) in [7, 11) is 0. The van der Waals surface area contributed by atoms with Gasteiger partial charge in [0.05, 0.1) is 6.10 Å². The molecule has 0 aliphatic heterocycles. The monoisotopic (exact) mass is 273 g/mol. The molecule has 0 atom stereocenters. The highest BCUT2D eigenvalue weighted by atomic mass is 19.4. The van der Waals surface area contributed by atoms with Crippen molar-refractivity contribution in [2.45, 2.75) is 26.1 Å². The third-order valence-corrected chi connectivity index (χ3v) is 2.11. The van der Waals surface area contributed by atoms with Crippen LogP contribution in [0.5, 0.6) is 5.75 Å². The Morgan fingerprint density at radius 3 is 2.53 bits per heavy atom. The third-order valence-electron chi connectivity index (χ3n) is 2.11. The number of halogens is 3. The molecule has 3 nitrogen and oxygen atoms in total. The van der Waals surface area contributed by atoms with Crippen LogP contribution < -0.4 is 10.1 Å². The molecule has 0 aromatic heterocycles. The van der Waals surface area contributed by atoms with Gasteiger partial charge < -0.3 is 10.1 Å². The maximum Gasteiger partial charge on any atom is 0.471 e. The van der Waals surface area contributed by atoms with E-state index in [9.17, 15) is 18.0 Å². The van der Waals surface area contributed by atoms with Gasteiger partial charge in [0.2, 0.25) is 0 Å². The minimum absolute atomic E-state index is 0.0355. The first-order valence-electron chi connectivity index (χ1n) is 5.55. The predicted octanol–water partition coefficient (Wildman–Crippen LogP) is 3.62. The van der Waals surface area contributed by atoms with Crippen molar-refractivity contribution >= 4 is 17.7 Å². The fourth-order valence-electron chi connectivity index (χ4n) is 1.35. The lowest BCUT2D eigenvalue weighted by Gasteiger charge is -2.14. The van der Waals surface area contributed by atoms with Gasteiger partial charge in [0, 0.05) is 11.3 Å². The summed E-state index contributed by atoms with van der Waals surface area (Å²) in [6, 6.07) is 4.20. The molecule has 0 saturated carbocycles. The Hall–Kier alpha value is -1.98. The minimum Gasteiger partial charge on any atom is -0.490 e. The topological polar surface area (TPSA) is 38.3 Å². The van der Waals surface area contributed by atoms with Crippen molar-refractivity contribution in [1.29, 1.82) is 0 Å². The molecule has 6 heteroatoms. The molecule has 0 heterocycles. The summed E-state index contributed by atoms with van der Waals surface area (Å²) in [6.45, 7) is 7.20. The van der Waals surface area contributed by atoms with E-state index in [1.807, 2.05) is 13.8 Å². The molecule has 1 N–H and O–H groups in total. The Bertz CT molecular complexity index is 481. The molecule has 0 bridgehead atoms. The molecule has 1 aromatic carbocycles. The second-order valence-corrected chi connectivity index (χ2v) is 4.08. The second kappa shape index (κ2) is 5.77. The van der Waals surface area contributed by atoms with Crippen LogP contribution in [0.3, 0.4) is 0 Å². The van der Waals surface area contributed by atoms with Gasteiger partial charge in [-0.25, -0.2) is 0 Å². The lowest BCUT2D eigenvalue weighted by molar-refractivity contribution is -0.167. The fraction of sp³-hybridized carbons (Fsp3) is 0.308. The van der Waals surface area contributed by atoms with Crippen LogP contribution in [0.25, 0.3) is 6.08 Å². The highest BCUT2D eigenvalue weighted by Crippen LogP contribution is 2.26. The Labute approximate surface area is 109 Å². The van der Waals surface area contributed by atoms with Crippen molar-refractivity contribution in [3.63, 3.8) is 0 Å². The van der Waals surface area contributed by atoms with Gasteiger partial charge in [-0.3, -0.25) is 4.79 Å². The summed E-state index contributed by atoms with van der Waals surface area (Å²) >= 11 is 0. The smallest absolute Gasteiger partial charge is 0.471 e. The van der Waals surface area contributed by atoms with E-state index in [0.717, 1.165) is 0 Å². The van der Waals surface area contributed by atoms with Crippen LogP contribution >= 0.6 is 0 Å². The van der Waals surface area contributed by atoms with Crippen molar-refractivity contribution in [1.82, 2.24) is 0 Å². The molecule has 1 aromatic rings. The Kier molecular flexibility index (Phi) is 4.58. The van der Waals surface area contributed by atoms with Crippen LogP contribution in [-0.2, 0) is 4.79 Å². The summed E-state index contributed by atoms with van der Waals surface area (Å²) in [4.78, 5) is 10.8. The number of hydrogen-bond donors (Lipinski definition) is 1. The van der Waals surface area contributed by atoms with Gasteiger partial charge in [-0.15, -0.1) is 0 Å². The number of rotatable bonds is 4. The van der Waals surface area contributed by atoms with Crippen molar-refractivity contribution in [3.8, 4) is 5.75 Å². The van der Waals surface area contributed by atoms with Gasteiger partial charge in [0.1, 0.15) is 5.75 Å². The van der Waals surface area contributed by atoms with Crippen LogP contribution in [0.1, 0.15) is 19.4 Å². The highest BCUT2D eigenvalue weighted by Gasteiger charge is 2.38. The number of anilines is 1. The number of ether oxygens (including phenoxy) is 1. The minimum atomic E-state index is -4.92. The molecule has 1 rings (SSSR count). The first kappa shape index (κ1) is 15.1. The molecule has 0 aliphatic rings. The van der Waals surface area contributed by atoms with Gasteiger partial charge in [-0.1, -0.05) is 12.7 Å². The largest absolute Gasteiger partial charge is 0.490 e. The Balaban J connectivity index is 2.94. The average Bonchev–Trinajstić information content (AvgIpc) is 2.29. The van der Waals surface area contributed by atoms with E-state index in [2.05, 4.69) is 6.58 Å². The lowest BCUT2D eigenvalue weighted by Crippen LogP contribution is -2.29. The zero-order chi connectivity index (χ0) is 14.6. The zero-order valence-electron chi connectivity index (χ0n) is 10.5. The van der Waals surface area contributed by atoms with Crippen LogP contribution in [0.4, 0.5) is 18.9 Å². The number of hydrogen-bond acceptors (Lipinski definition) is 2. The molecular weight excluding hydrogens is 259 g/mol. The first-order chi connectivity index (χ1) is 8.74. The van der Waals surface area contributed by atoms with E-state index in [0.29, 0.717) is 11.3 Å². The molecule has 0 unspecified atom stereocenters. The van der Waals surface area contributed by atoms with Crippen molar-refractivity contribution in [2.75, 3.05) is 5.32 Å². The van der Waals surface area contributed by atoms with E-state index in [1.165, 1.54) is 24.3 Å². The van der Waals surface area contributed by atoms with E-state index in [-0.39, 0.29) is 11.8 Å². The van der Waals surface area contributed by atoms with Crippen LogP contribution in [0.2, 0.25) is 0 Å². The fourth-order valence-corrected chi connectivity index (χ4v) is 1.35. The maximum atomic E-state index is 12.1. The number of carbonyl (C=O) groups excluding carboxylic acids is 1. The van der Waals surface area contributed by atoms with E-state index in [1.54, 1.807) is 5.32 Å². The molecule has 0 aliphatic carbocycles. The lowest BCUT2D eigenvalue weighted by atomic mass is 10.1. The number of benzene rings is 1. The van der Waals surface area contributed by atoms with Crippen molar-refractivity contribution in [2.24, 2.45) is 0 Å². The number of amides is 1. The SMILES string of the molecule is C=Cc1cc(NC(=O)C(F)(F)F)ccc1OC(C)C. The van der Waals surface area contributed by atoms with Crippen LogP contribution in [0.15, 0.2) is 24.8 Å². The van der Waals surface area contributed by atoms with Crippen molar-refractivity contribution < 1.29 is 22.7 Å². The van der Waals surface area contributed by atoms with Crippen LogP contribution in [0, 0.1) is 0 Å². The quantitative estimate of drug-likeness (QED) is 0.910. The van der Waals surface area contributed by atoms with Gasteiger partial charge in [0.15, 0.2) is 0 Å². The van der Waals surface area contributed by atoms with Gasteiger partial charge in [-0.05, 0) is 32.0 Å². The second-order valence-electron chi connectivity index (χ2n) is 4.08. The normalized spacial score (nSPS) is 11.3. The third kappa shape index (κ3) is 4.31. The first-order valence-corrected chi connectivity index (χ1v) is 5.55. The molecule has 0 saturated heterocycles. The predicted molar refractivity (Wildman–Crippen MR) is 67.0 cm³/mol. The van der Waals surface area contributed by atoms with E-state index >= 15 is 0 Å². The Morgan fingerprint density at radius 2 is 2.05 bits per heavy atom. The van der Waals surface area contributed by atoms with E-state index in [4.69, 9.17) is 4.74 Å². The van der Waals surface area contributed by atoms with Gasteiger partial charge in [0.25, 0.3) is 0 Å². The highest BCUT2D eigenvalue weighted by molar-refractivity contribution is 5.95. The summed E-state index contributed by atoms with van der Waals surface area (Å²) in [6.07, 6.45) is -3.54.